The molecule has 0 saturated carbocycles. The Labute approximate surface area is 189 Å². The number of nitrogens with zero attached hydrogens (tertiary/aromatic N) is 4. The first-order valence-corrected chi connectivity index (χ1v) is 10.7. The fourth-order valence-corrected chi connectivity index (χ4v) is 4.42. The van der Waals surface area contributed by atoms with Crippen LogP contribution in [0.15, 0.2) is 65.8 Å². The molecule has 2 amide bonds. The predicted molar refractivity (Wildman–Crippen MR) is 123 cm³/mol. The van der Waals surface area contributed by atoms with Gasteiger partial charge in [-0.15, -0.1) is 0 Å². The monoisotopic (exact) mass is 442 g/mol. The highest BCUT2D eigenvalue weighted by Gasteiger charge is 2.30. The number of benzene rings is 2. The summed E-state index contributed by atoms with van der Waals surface area (Å²) in [7, 11) is 0. The van der Waals surface area contributed by atoms with Crippen molar-refractivity contribution in [3.63, 3.8) is 0 Å². The minimum Gasteiger partial charge on any atom is -0.335 e. The highest BCUT2D eigenvalue weighted by Crippen LogP contribution is 2.33. The second kappa shape index (κ2) is 8.34. The van der Waals surface area contributed by atoms with Crippen molar-refractivity contribution < 1.29 is 9.59 Å². The molecule has 5 rings (SSSR count). The van der Waals surface area contributed by atoms with E-state index in [4.69, 9.17) is 0 Å². The zero-order chi connectivity index (χ0) is 22.9. The molecule has 2 N–H and O–H groups in total. The Kier molecular flexibility index (Phi) is 5.21. The van der Waals surface area contributed by atoms with Crippen molar-refractivity contribution in [3.05, 3.63) is 82.5 Å². The highest BCUT2D eigenvalue weighted by molar-refractivity contribution is 5.94. The molecular formula is C24H22N6O3. The average Bonchev–Trinajstić information content (AvgIpc) is 3.25. The first-order valence-electron chi connectivity index (χ1n) is 10.7. The van der Waals surface area contributed by atoms with Gasteiger partial charge in [-0.05, 0) is 29.7 Å². The van der Waals surface area contributed by atoms with Gasteiger partial charge in [0.05, 0.1) is 36.4 Å². The third kappa shape index (κ3) is 3.78. The molecule has 0 bridgehead atoms. The van der Waals surface area contributed by atoms with E-state index in [0.717, 1.165) is 17.5 Å². The number of rotatable bonds is 4. The molecule has 0 spiro atoms. The lowest BCUT2D eigenvalue weighted by molar-refractivity contribution is -0.132. The third-order valence-corrected chi connectivity index (χ3v) is 5.97. The molecule has 0 radical (unpaired) electrons. The van der Waals surface area contributed by atoms with Gasteiger partial charge in [-0.2, -0.15) is 5.10 Å². The Morgan fingerprint density at radius 1 is 1.15 bits per heavy atom. The minimum atomic E-state index is -0.328. The number of hydrogen-bond donors (Lipinski definition) is 2. The van der Waals surface area contributed by atoms with E-state index in [1.807, 2.05) is 36.4 Å². The lowest BCUT2D eigenvalue weighted by atomic mass is 9.90. The Balaban J connectivity index is 1.45. The molecule has 9 nitrogen and oxygen atoms in total. The SMILES string of the molecule is CC(=O)N1CCc2ccccc2C1CC(=O)Nc1ccccc1-n1ncc2c(=O)[nH]cnc21. The molecule has 0 saturated heterocycles. The number of carbonyl (C=O) groups is 2. The molecule has 3 heterocycles. The van der Waals surface area contributed by atoms with Gasteiger partial charge in [0.15, 0.2) is 5.65 Å². The highest BCUT2D eigenvalue weighted by atomic mass is 16.2. The summed E-state index contributed by atoms with van der Waals surface area (Å²) in [5.74, 6) is -0.278. The van der Waals surface area contributed by atoms with E-state index in [9.17, 15) is 14.4 Å². The van der Waals surface area contributed by atoms with Gasteiger partial charge >= 0.3 is 0 Å². The van der Waals surface area contributed by atoms with E-state index in [2.05, 4.69) is 20.4 Å². The van der Waals surface area contributed by atoms with Crippen LogP contribution in [-0.4, -0.2) is 43.0 Å². The Morgan fingerprint density at radius 3 is 2.79 bits per heavy atom. The summed E-state index contributed by atoms with van der Waals surface area (Å²) in [5.41, 5.74) is 3.40. The zero-order valence-corrected chi connectivity index (χ0v) is 18.0. The summed E-state index contributed by atoms with van der Waals surface area (Å²) in [6.07, 6.45) is 3.67. The van der Waals surface area contributed by atoms with Crippen molar-refractivity contribution in [2.24, 2.45) is 0 Å². The topological polar surface area (TPSA) is 113 Å². The molecule has 2 aromatic heterocycles. The van der Waals surface area contributed by atoms with Gasteiger partial charge in [0.1, 0.15) is 5.39 Å². The van der Waals surface area contributed by atoms with Gasteiger partial charge in [0.2, 0.25) is 11.8 Å². The molecule has 1 unspecified atom stereocenters. The van der Waals surface area contributed by atoms with Crippen molar-refractivity contribution in [1.29, 1.82) is 0 Å². The predicted octanol–water partition coefficient (Wildman–Crippen LogP) is 2.58. The summed E-state index contributed by atoms with van der Waals surface area (Å²) < 4.78 is 1.53. The van der Waals surface area contributed by atoms with Gasteiger partial charge in [-0.25, -0.2) is 9.67 Å². The van der Waals surface area contributed by atoms with Crippen LogP contribution in [0.3, 0.4) is 0 Å². The summed E-state index contributed by atoms with van der Waals surface area (Å²) in [5, 5.41) is 7.63. The van der Waals surface area contributed by atoms with E-state index >= 15 is 0 Å². The van der Waals surface area contributed by atoms with Crippen molar-refractivity contribution in [3.8, 4) is 5.69 Å². The molecule has 1 aliphatic heterocycles. The van der Waals surface area contributed by atoms with Crippen molar-refractivity contribution in [2.75, 3.05) is 11.9 Å². The molecule has 9 heteroatoms. The molecule has 0 fully saturated rings. The van der Waals surface area contributed by atoms with E-state index in [1.165, 1.54) is 24.1 Å². The lowest BCUT2D eigenvalue weighted by Gasteiger charge is -2.36. The van der Waals surface area contributed by atoms with Crippen LogP contribution in [0.4, 0.5) is 5.69 Å². The molecule has 0 aliphatic carbocycles. The van der Waals surface area contributed by atoms with Crippen molar-refractivity contribution in [2.45, 2.75) is 25.8 Å². The van der Waals surface area contributed by atoms with Crippen LogP contribution < -0.4 is 10.9 Å². The number of H-pyrrole nitrogens is 1. The van der Waals surface area contributed by atoms with E-state index in [0.29, 0.717) is 29.0 Å². The number of aromatic nitrogens is 4. The maximum Gasteiger partial charge on any atom is 0.261 e. The molecule has 1 atom stereocenters. The fourth-order valence-electron chi connectivity index (χ4n) is 4.42. The minimum absolute atomic E-state index is 0.0537. The first kappa shape index (κ1) is 20.6. The number of nitrogens with one attached hydrogen (secondary N) is 2. The van der Waals surface area contributed by atoms with Gasteiger partial charge < -0.3 is 15.2 Å². The van der Waals surface area contributed by atoms with Crippen LogP contribution in [0.2, 0.25) is 0 Å². The first-order chi connectivity index (χ1) is 16.0. The van der Waals surface area contributed by atoms with Crippen molar-refractivity contribution in [1.82, 2.24) is 24.6 Å². The molecular weight excluding hydrogens is 420 g/mol. The quantitative estimate of drug-likeness (QED) is 0.504. The van der Waals surface area contributed by atoms with E-state index in [-0.39, 0.29) is 29.8 Å². The fraction of sp³-hybridized carbons (Fsp3) is 0.208. The number of carbonyl (C=O) groups excluding carboxylic acids is 2. The summed E-state index contributed by atoms with van der Waals surface area (Å²) >= 11 is 0. The normalized spacial score (nSPS) is 15.3. The summed E-state index contributed by atoms with van der Waals surface area (Å²) in [6, 6.07) is 14.8. The standard InChI is InChI=1S/C24H22N6O3/c1-15(31)29-11-10-16-6-2-3-7-17(16)21(29)12-22(32)28-19-8-4-5-9-20(19)30-23-18(13-27-30)24(33)26-14-25-23/h2-9,13-14,21H,10-12H2,1H3,(H,28,32)(H,25,26,33). The smallest absolute Gasteiger partial charge is 0.261 e. The number of para-hydroxylation sites is 2. The largest absolute Gasteiger partial charge is 0.335 e. The summed E-state index contributed by atoms with van der Waals surface area (Å²) in [6.45, 7) is 2.12. The Bertz CT molecular complexity index is 1420. The number of anilines is 1. The van der Waals surface area contributed by atoms with Crippen molar-refractivity contribution >= 4 is 28.5 Å². The number of hydrogen-bond acceptors (Lipinski definition) is 5. The Morgan fingerprint density at radius 2 is 1.94 bits per heavy atom. The lowest BCUT2D eigenvalue weighted by Crippen LogP contribution is -2.40. The molecule has 4 aromatic rings. The number of aromatic amines is 1. The molecule has 166 valence electrons. The maximum absolute atomic E-state index is 13.1. The van der Waals surface area contributed by atoms with Crippen LogP contribution in [-0.2, 0) is 16.0 Å². The average molecular weight is 442 g/mol. The molecule has 2 aromatic carbocycles. The number of fused-ring (bicyclic) bond motifs is 2. The number of amides is 2. The second-order valence-corrected chi connectivity index (χ2v) is 7.97. The van der Waals surface area contributed by atoms with Crippen LogP contribution >= 0.6 is 0 Å². The molecule has 1 aliphatic rings. The third-order valence-electron chi connectivity index (χ3n) is 5.97. The summed E-state index contributed by atoms with van der Waals surface area (Å²) in [4.78, 5) is 46.0. The van der Waals surface area contributed by atoms with Crippen LogP contribution in [0.5, 0.6) is 0 Å². The Hall–Kier alpha value is -4.27. The van der Waals surface area contributed by atoms with Gasteiger partial charge in [-0.1, -0.05) is 36.4 Å². The van der Waals surface area contributed by atoms with Gasteiger partial charge in [0.25, 0.3) is 5.56 Å². The second-order valence-electron chi connectivity index (χ2n) is 7.97. The zero-order valence-electron chi connectivity index (χ0n) is 18.0. The van der Waals surface area contributed by atoms with E-state index in [1.54, 1.807) is 17.0 Å². The van der Waals surface area contributed by atoms with Crippen LogP contribution in [0.25, 0.3) is 16.7 Å². The van der Waals surface area contributed by atoms with Gasteiger partial charge in [0, 0.05) is 13.5 Å². The van der Waals surface area contributed by atoms with E-state index < -0.39 is 0 Å². The molecule has 33 heavy (non-hydrogen) atoms. The van der Waals surface area contributed by atoms with Crippen LogP contribution in [0.1, 0.15) is 30.5 Å². The van der Waals surface area contributed by atoms with Crippen LogP contribution in [0, 0.1) is 0 Å². The van der Waals surface area contributed by atoms with Gasteiger partial charge in [-0.3, -0.25) is 14.4 Å². The maximum atomic E-state index is 13.1.